The molecule has 6 nitrogen and oxygen atoms in total. The van der Waals surface area contributed by atoms with Crippen molar-refractivity contribution in [3.8, 4) is 5.75 Å². The number of rotatable bonds is 8. The van der Waals surface area contributed by atoms with E-state index in [0.29, 0.717) is 18.0 Å². The van der Waals surface area contributed by atoms with Crippen LogP contribution >= 0.6 is 0 Å². The molecule has 2 amide bonds. The smallest absolute Gasteiger partial charge is 0.319 e. The van der Waals surface area contributed by atoms with Crippen LogP contribution in [0.1, 0.15) is 32.1 Å². The van der Waals surface area contributed by atoms with Crippen LogP contribution < -0.4 is 15.4 Å². The summed E-state index contributed by atoms with van der Waals surface area (Å²) in [5.41, 5.74) is 2.03. The fourth-order valence-corrected chi connectivity index (χ4v) is 3.00. The third-order valence-electron chi connectivity index (χ3n) is 3.93. The zero-order valence-corrected chi connectivity index (χ0v) is 15.4. The third kappa shape index (κ3) is 8.07. The first-order valence-electron chi connectivity index (χ1n) is 8.56. The van der Waals surface area contributed by atoms with Crippen molar-refractivity contribution in [3.63, 3.8) is 0 Å². The lowest BCUT2D eigenvalue weighted by molar-refractivity contribution is 0.252. The van der Waals surface area contributed by atoms with Gasteiger partial charge in [-0.3, -0.25) is 0 Å². The maximum absolute atomic E-state index is 11.9. The Morgan fingerprint density at radius 2 is 2.12 bits per heavy atom. The second kappa shape index (κ2) is 9.46. The average Bonchev–Trinajstić information content (AvgIpc) is 2.55. The summed E-state index contributed by atoms with van der Waals surface area (Å²) in [7, 11) is -3.05. The van der Waals surface area contributed by atoms with E-state index in [9.17, 15) is 13.2 Å². The second-order valence-corrected chi connectivity index (χ2v) is 8.50. The van der Waals surface area contributed by atoms with Gasteiger partial charge in [0.25, 0.3) is 0 Å². The van der Waals surface area contributed by atoms with E-state index in [-0.39, 0.29) is 18.4 Å². The number of ether oxygens (including phenoxy) is 1. The fourth-order valence-electron chi connectivity index (χ4n) is 2.62. The zero-order valence-electron chi connectivity index (χ0n) is 14.6. The Balaban J connectivity index is 1.74. The largest absolute Gasteiger partial charge is 0.492 e. The summed E-state index contributed by atoms with van der Waals surface area (Å²) >= 11 is 0. The molecule has 0 unspecified atom stereocenters. The molecule has 1 aromatic rings. The molecule has 7 heteroatoms. The molecule has 0 bridgehead atoms. The first-order chi connectivity index (χ1) is 11.9. The standard InChI is InChI=1S/C18H26N2O4S/c1-25(22,23)13-12-24-17-9-5-8-16(14-17)20-18(21)19-11-10-15-6-3-2-4-7-15/h5-6,8-9,14H,2-4,7,10-13H2,1H3,(H2,19,20,21). The molecule has 0 fully saturated rings. The molecule has 0 atom stereocenters. The van der Waals surface area contributed by atoms with E-state index in [1.807, 2.05) is 0 Å². The number of nitrogens with one attached hydrogen (secondary N) is 2. The molecule has 25 heavy (non-hydrogen) atoms. The van der Waals surface area contributed by atoms with Crippen LogP contribution in [-0.4, -0.2) is 39.6 Å². The predicted octanol–water partition coefficient (Wildman–Crippen LogP) is 3.12. The van der Waals surface area contributed by atoms with Crippen molar-refractivity contribution in [2.24, 2.45) is 0 Å². The highest BCUT2D eigenvalue weighted by Gasteiger charge is 2.07. The molecule has 0 radical (unpaired) electrons. The van der Waals surface area contributed by atoms with Crippen LogP contribution in [0, 0.1) is 0 Å². The van der Waals surface area contributed by atoms with E-state index >= 15 is 0 Å². The van der Waals surface area contributed by atoms with Gasteiger partial charge in [-0.1, -0.05) is 17.7 Å². The summed E-state index contributed by atoms with van der Waals surface area (Å²) in [5.74, 6) is 0.481. The van der Waals surface area contributed by atoms with Gasteiger partial charge in [-0.25, -0.2) is 13.2 Å². The molecule has 138 valence electrons. The van der Waals surface area contributed by atoms with Gasteiger partial charge in [-0.05, 0) is 44.2 Å². The van der Waals surface area contributed by atoms with Crippen LogP contribution in [0.2, 0.25) is 0 Å². The number of carbonyl (C=O) groups is 1. The number of amides is 2. The van der Waals surface area contributed by atoms with Crippen LogP contribution in [-0.2, 0) is 9.84 Å². The van der Waals surface area contributed by atoms with Crippen LogP contribution in [0.4, 0.5) is 10.5 Å². The normalized spacial score (nSPS) is 14.5. The SMILES string of the molecule is CS(=O)(=O)CCOc1cccc(NC(=O)NCCC2=CCCCC2)c1. The van der Waals surface area contributed by atoms with Crippen molar-refractivity contribution < 1.29 is 17.9 Å². The van der Waals surface area contributed by atoms with E-state index in [1.54, 1.807) is 24.3 Å². The summed E-state index contributed by atoms with van der Waals surface area (Å²) in [5, 5.41) is 5.61. The zero-order chi connectivity index (χ0) is 18.1. The molecule has 0 aromatic heterocycles. The summed E-state index contributed by atoms with van der Waals surface area (Å²) in [4.78, 5) is 11.9. The highest BCUT2D eigenvalue weighted by Crippen LogP contribution is 2.19. The molecule has 0 spiro atoms. The van der Waals surface area contributed by atoms with Crippen LogP contribution in [0.5, 0.6) is 5.75 Å². The highest BCUT2D eigenvalue weighted by molar-refractivity contribution is 7.90. The van der Waals surface area contributed by atoms with Gasteiger partial charge in [0.2, 0.25) is 0 Å². The monoisotopic (exact) mass is 366 g/mol. The van der Waals surface area contributed by atoms with Crippen molar-refractivity contribution in [1.82, 2.24) is 5.32 Å². The quantitative estimate of drug-likeness (QED) is 0.692. The van der Waals surface area contributed by atoms with Gasteiger partial charge in [0.15, 0.2) is 9.84 Å². The van der Waals surface area contributed by atoms with Gasteiger partial charge < -0.3 is 15.4 Å². The molecule has 1 aromatic carbocycles. The van der Waals surface area contributed by atoms with Gasteiger partial charge in [-0.15, -0.1) is 0 Å². The van der Waals surface area contributed by atoms with Gasteiger partial charge in [0, 0.05) is 24.6 Å². The maximum atomic E-state index is 11.9. The number of hydrogen-bond acceptors (Lipinski definition) is 4. The molecule has 0 saturated carbocycles. The van der Waals surface area contributed by atoms with Crippen molar-refractivity contribution in [2.75, 3.05) is 30.5 Å². The summed E-state index contributed by atoms with van der Waals surface area (Å²) < 4.78 is 27.6. The third-order valence-corrected chi connectivity index (χ3v) is 4.84. The van der Waals surface area contributed by atoms with Crippen molar-refractivity contribution >= 4 is 21.6 Å². The Kier molecular flexibility index (Phi) is 7.31. The summed E-state index contributed by atoms with van der Waals surface area (Å²) in [6, 6.07) is 6.64. The molecule has 2 N–H and O–H groups in total. The maximum Gasteiger partial charge on any atom is 0.319 e. The molecular weight excluding hydrogens is 340 g/mol. The lowest BCUT2D eigenvalue weighted by Crippen LogP contribution is -2.29. The van der Waals surface area contributed by atoms with Crippen molar-refractivity contribution in [2.45, 2.75) is 32.1 Å². The first kappa shape index (κ1) is 19.3. The lowest BCUT2D eigenvalue weighted by atomic mass is 9.97. The average molecular weight is 366 g/mol. The Hall–Kier alpha value is -2.02. The second-order valence-electron chi connectivity index (χ2n) is 6.25. The number of carbonyl (C=O) groups excluding carboxylic acids is 1. The number of allylic oxidation sites excluding steroid dienone is 1. The molecular formula is C18H26N2O4S. The number of benzene rings is 1. The Bertz CT molecular complexity index is 714. The molecule has 0 aliphatic heterocycles. The van der Waals surface area contributed by atoms with E-state index in [0.717, 1.165) is 19.3 Å². The van der Waals surface area contributed by atoms with Gasteiger partial charge in [-0.2, -0.15) is 0 Å². The Morgan fingerprint density at radius 1 is 1.28 bits per heavy atom. The number of hydrogen-bond donors (Lipinski definition) is 2. The summed E-state index contributed by atoms with van der Waals surface area (Å²) in [6.07, 6.45) is 9.12. The highest BCUT2D eigenvalue weighted by atomic mass is 32.2. The Morgan fingerprint density at radius 3 is 2.84 bits per heavy atom. The minimum absolute atomic E-state index is 0.0407. The minimum Gasteiger partial charge on any atom is -0.492 e. The van der Waals surface area contributed by atoms with E-state index in [1.165, 1.54) is 24.7 Å². The van der Waals surface area contributed by atoms with Crippen LogP contribution in [0.3, 0.4) is 0 Å². The van der Waals surface area contributed by atoms with Gasteiger partial charge >= 0.3 is 6.03 Å². The van der Waals surface area contributed by atoms with Crippen LogP contribution in [0.25, 0.3) is 0 Å². The number of urea groups is 1. The van der Waals surface area contributed by atoms with E-state index < -0.39 is 9.84 Å². The van der Waals surface area contributed by atoms with E-state index in [2.05, 4.69) is 16.7 Å². The fraction of sp³-hybridized carbons (Fsp3) is 0.500. The Labute approximate surface area is 149 Å². The van der Waals surface area contributed by atoms with Gasteiger partial charge in [0.05, 0.1) is 5.75 Å². The molecule has 1 aliphatic carbocycles. The first-order valence-corrected chi connectivity index (χ1v) is 10.6. The molecule has 0 saturated heterocycles. The lowest BCUT2D eigenvalue weighted by Gasteiger charge is -2.13. The minimum atomic E-state index is -3.05. The van der Waals surface area contributed by atoms with Crippen molar-refractivity contribution in [3.05, 3.63) is 35.9 Å². The number of anilines is 1. The van der Waals surface area contributed by atoms with E-state index in [4.69, 9.17) is 4.74 Å². The van der Waals surface area contributed by atoms with Gasteiger partial charge in [0.1, 0.15) is 12.4 Å². The van der Waals surface area contributed by atoms with Crippen molar-refractivity contribution in [1.29, 1.82) is 0 Å². The predicted molar refractivity (Wildman–Crippen MR) is 99.8 cm³/mol. The molecule has 0 heterocycles. The summed E-state index contributed by atoms with van der Waals surface area (Å²) in [6.45, 7) is 0.700. The van der Waals surface area contributed by atoms with Crippen LogP contribution in [0.15, 0.2) is 35.9 Å². The molecule has 2 rings (SSSR count). The number of sulfone groups is 1. The topological polar surface area (TPSA) is 84.5 Å². The molecule has 1 aliphatic rings.